The zero-order valence-corrected chi connectivity index (χ0v) is 11.2. The normalized spacial score (nSPS) is 11.2. The largest absolute Gasteiger partial charge is 0.328 e. The summed E-state index contributed by atoms with van der Waals surface area (Å²) in [6.45, 7) is 0. The number of hydrogen-bond donors (Lipinski definition) is 0. The van der Waals surface area contributed by atoms with E-state index in [9.17, 15) is 10.1 Å². The standard InChI is InChI=1S/C16H10N4O/c1-19-12-4-2-3-5-13(12)20-14-9-18-7-6-10(14)15(21)11(8-17)16(19)20/h2-7,9H,1H3. The van der Waals surface area contributed by atoms with Gasteiger partial charge in [0.05, 0.1) is 28.1 Å². The van der Waals surface area contributed by atoms with Crippen LogP contribution in [-0.4, -0.2) is 14.0 Å². The van der Waals surface area contributed by atoms with Gasteiger partial charge in [0.15, 0.2) is 0 Å². The Balaban J connectivity index is 2.52. The number of aryl methyl sites for hydroxylation is 1. The second kappa shape index (κ2) is 3.93. The Labute approximate surface area is 119 Å². The summed E-state index contributed by atoms with van der Waals surface area (Å²) in [5, 5.41) is 9.94. The maximum Gasteiger partial charge on any atom is 0.209 e. The second-order valence-corrected chi connectivity index (χ2v) is 4.92. The third-order valence-corrected chi connectivity index (χ3v) is 3.86. The monoisotopic (exact) mass is 274 g/mol. The summed E-state index contributed by atoms with van der Waals surface area (Å²) in [5.41, 5.74) is 3.14. The van der Waals surface area contributed by atoms with Crippen LogP contribution in [-0.2, 0) is 7.05 Å². The first-order valence-electron chi connectivity index (χ1n) is 6.50. The van der Waals surface area contributed by atoms with Crippen LogP contribution >= 0.6 is 0 Å². The zero-order chi connectivity index (χ0) is 14.6. The lowest BCUT2D eigenvalue weighted by Crippen LogP contribution is -2.12. The fourth-order valence-corrected chi connectivity index (χ4v) is 2.93. The van der Waals surface area contributed by atoms with Crippen LogP contribution in [0.4, 0.5) is 0 Å². The van der Waals surface area contributed by atoms with Gasteiger partial charge in [-0.25, -0.2) is 0 Å². The topological polar surface area (TPSA) is 63.1 Å². The highest BCUT2D eigenvalue weighted by atomic mass is 16.1. The van der Waals surface area contributed by atoms with Crippen molar-refractivity contribution in [3.63, 3.8) is 0 Å². The van der Waals surface area contributed by atoms with Crippen molar-refractivity contribution in [2.24, 2.45) is 7.05 Å². The van der Waals surface area contributed by atoms with Crippen LogP contribution in [0.3, 0.4) is 0 Å². The smallest absolute Gasteiger partial charge is 0.209 e. The van der Waals surface area contributed by atoms with Gasteiger partial charge in [-0.1, -0.05) is 12.1 Å². The van der Waals surface area contributed by atoms with Crippen LogP contribution in [0.15, 0.2) is 47.5 Å². The average Bonchev–Trinajstić information content (AvgIpc) is 2.82. The number of hydrogen-bond acceptors (Lipinski definition) is 3. The van der Waals surface area contributed by atoms with Crippen molar-refractivity contribution >= 4 is 27.6 Å². The highest BCUT2D eigenvalue weighted by Crippen LogP contribution is 2.24. The van der Waals surface area contributed by atoms with Crippen molar-refractivity contribution in [1.29, 1.82) is 5.26 Å². The van der Waals surface area contributed by atoms with Crippen LogP contribution in [0.25, 0.3) is 27.6 Å². The van der Waals surface area contributed by atoms with Gasteiger partial charge in [-0.05, 0) is 18.2 Å². The predicted octanol–water partition coefficient (Wildman–Crippen LogP) is 2.21. The SMILES string of the molecule is Cn1c2ccccc2n2c3cnccc3c(=O)c(C#N)c12. The molecule has 5 nitrogen and oxygen atoms in total. The van der Waals surface area contributed by atoms with Gasteiger partial charge >= 0.3 is 0 Å². The molecule has 0 saturated heterocycles. The first-order chi connectivity index (χ1) is 10.2. The van der Waals surface area contributed by atoms with Crippen LogP contribution in [0, 0.1) is 11.3 Å². The van der Waals surface area contributed by atoms with Crippen molar-refractivity contribution in [1.82, 2.24) is 14.0 Å². The molecule has 3 heterocycles. The molecular weight excluding hydrogens is 264 g/mol. The number of benzene rings is 1. The highest BCUT2D eigenvalue weighted by molar-refractivity contribution is 5.93. The minimum absolute atomic E-state index is 0.160. The molecule has 4 aromatic rings. The number of para-hydroxylation sites is 2. The van der Waals surface area contributed by atoms with E-state index in [0.717, 1.165) is 11.0 Å². The number of imidazole rings is 1. The summed E-state index contributed by atoms with van der Waals surface area (Å²) in [7, 11) is 1.86. The molecule has 0 aliphatic carbocycles. The average molecular weight is 274 g/mol. The molecule has 0 bridgehead atoms. The summed E-state index contributed by atoms with van der Waals surface area (Å²) in [6.07, 6.45) is 3.24. The van der Waals surface area contributed by atoms with E-state index in [-0.39, 0.29) is 11.0 Å². The molecule has 0 radical (unpaired) electrons. The van der Waals surface area contributed by atoms with Crippen molar-refractivity contribution in [2.75, 3.05) is 0 Å². The molecule has 0 amide bonds. The number of nitriles is 1. The van der Waals surface area contributed by atoms with E-state index in [2.05, 4.69) is 11.1 Å². The maximum absolute atomic E-state index is 12.5. The van der Waals surface area contributed by atoms with Crippen LogP contribution in [0.2, 0.25) is 0 Å². The molecule has 4 rings (SSSR count). The molecule has 0 spiro atoms. The van der Waals surface area contributed by atoms with E-state index in [1.165, 1.54) is 0 Å². The Morgan fingerprint density at radius 1 is 1.14 bits per heavy atom. The molecule has 1 aromatic carbocycles. The molecule has 100 valence electrons. The van der Waals surface area contributed by atoms with E-state index >= 15 is 0 Å². The van der Waals surface area contributed by atoms with Gasteiger partial charge in [-0.2, -0.15) is 5.26 Å². The first-order valence-corrected chi connectivity index (χ1v) is 6.50. The van der Waals surface area contributed by atoms with Gasteiger partial charge in [0.1, 0.15) is 17.3 Å². The van der Waals surface area contributed by atoms with Crippen molar-refractivity contribution in [3.05, 3.63) is 58.5 Å². The third-order valence-electron chi connectivity index (χ3n) is 3.86. The molecule has 0 fully saturated rings. The molecule has 21 heavy (non-hydrogen) atoms. The van der Waals surface area contributed by atoms with Crippen molar-refractivity contribution in [3.8, 4) is 6.07 Å². The van der Waals surface area contributed by atoms with E-state index < -0.39 is 0 Å². The highest BCUT2D eigenvalue weighted by Gasteiger charge is 2.17. The minimum atomic E-state index is -0.249. The van der Waals surface area contributed by atoms with E-state index in [1.54, 1.807) is 18.5 Å². The van der Waals surface area contributed by atoms with Gasteiger partial charge in [0.2, 0.25) is 5.43 Å². The summed E-state index contributed by atoms with van der Waals surface area (Å²) < 4.78 is 3.80. The van der Waals surface area contributed by atoms with Gasteiger partial charge in [0.25, 0.3) is 0 Å². The van der Waals surface area contributed by atoms with Crippen molar-refractivity contribution in [2.45, 2.75) is 0 Å². The van der Waals surface area contributed by atoms with Gasteiger partial charge in [-0.3, -0.25) is 14.2 Å². The number of rotatable bonds is 0. The number of nitrogens with zero attached hydrogens (tertiary/aromatic N) is 4. The number of aromatic nitrogens is 3. The van der Waals surface area contributed by atoms with E-state index in [0.29, 0.717) is 16.6 Å². The molecule has 5 heteroatoms. The van der Waals surface area contributed by atoms with Crippen LogP contribution in [0.5, 0.6) is 0 Å². The first kappa shape index (κ1) is 11.7. The van der Waals surface area contributed by atoms with E-state index in [1.807, 2.05) is 40.3 Å². The molecule has 0 saturated carbocycles. The summed E-state index contributed by atoms with van der Waals surface area (Å²) in [5.74, 6) is 0. The lowest BCUT2D eigenvalue weighted by molar-refractivity contribution is 0.986. The molecular formula is C16H10N4O. The quantitative estimate of drug-likeness (QED) is 0.494. The Hall–Kier alpha value is -3.13. The maximum atomic E-state index is 12.5. The number of pyridine rings is 2. The Bertz CT molecular complexity index is 1130. The van der Waals surface area contributed by atoms with Gasteiger partial charge in [-0.15, -0.1) is 0 Å². The summed E-state index contributed by atoms with van der Waals surface area (Å²) >= 11 is 0. The molecule has 0 aliphatic rings. The van der Waals surface area contributed by atoms with Crippen LogP contribution in [0.1, 0.15) is 5.56 Å². The molecule has 0 unspecified atom stereocenters. The van der Waals surface area contributed by atoms with Gasteiger partial charge in [0, 0.05) is 13.2 Å². The zero-order valence-electron chi connectivity index (χ0n) is 11.2. The fourth-order valence-electron chi connectivity index (χ4n) is 2.93. The molecule has 0 aliphatic heterocycles. The Morgan fingerprint density at radius 3 is 2.67 bits per heavy atom. The predicted molar refractivity (Wildman–Crippen MR) is 80.2 cm³/mol. The Morgan fingerprint density at radius 2 is 1.90 bits per heavy atom. The van der Waals surface area contributed by atoms with Crippen molar-refractivity contribution < 1.29 is 0 Å². The molecule has 0 N–H and O–H groups in total. The lowest BCUT2D eigenvalue weighted by atomic mass is 10.2. The Kier molecular flexibility index (Phi) is 2.19. The fraction of sp³-hybridized carbons (Fsp3) is 0.0625. The molecule has 0 atom stereocenters. The minimum Gasteiger partial charge on any atom is -0.328 e. The van der Waals surface area contributed by atoms with Gasteiger partial charge < -0.3 is 4.57 Å². The second-order valence-electron chi connectivity index (χ2n) is 4.92. The third kappa shape index (κ3) is 1.33. The lowest BCUT2D eigenvalue weighted by Gasteiger charge is -2.05. The van der Waals surface area contributed by atoms with E-state index in [4.69, 9.17) is 0 Å². The molecule has 3 aromatic heterocycles. The number of fused-ring (bicyclic) bond motifs is 5. The summed E-state index contributed by atoms with van der Waals surface area (Å²) in [4.78, 5) is 16.6. The van der Waals surface area contributed by atoms with Crippen LogP contribution < -0.4 is 5.43 Å². The summed E-state index contributed by atoms with van der Waals surface area (Å²) in [6, 6.07) is 11.5.